The first-order chi connectivity index (χ1) is 8.69. The summed E-state index contributed by atoms with van der Waals surface area (Å²) >= 11 is 5.96. The van der Waals surface area contributed by atoms with Gasteiger partial charge in [0.15, 0.2) is 0 Å². The third kappa shape index (κ3) is 3.63. The fourth-order valence-electron chi connectivity index (χ4n) is 2.47. The number of ether oxygens (including phenoxy) is 1. The van der Waals surface area contributed by atoms with Gasteiger partial charge in [-0.05, 0) is 44.5 Å². The number of halogens is 1. The Balaban J connectivity index is 1.89. The highest BCUT2D eigenvalue weighted by Crippen LogP contribution is 2.31. The van der Waals surface area contributed by atoms with Crippen LogP contribution in [-0.4, -0.2) is 19.2 Å². The van der Waals surface area contributed by atoms with Crippen LogP contribution in [0.2, 0.25) is 5.02 Å². The predicted octanol–water partition coefficient (Wildman–Crippen LogP) is 3.89. The van der Waals surface area contributed by atoms with Crippen molar-refractivity contribution in [3.05, 3.63) is 29.3 Å². The normalized spacial score (nSPS) is 19.1. The Morgan fingerprint density at radius 1 is 1.44 bits per heavy atom. The summed E-state index contributed by atoms with van der Waals surface area (Å²) in [6.45, 7) is 2.13. The first-order valence-corrected chi connectivity index (χ1v) is 7.16. The zero-order chi connectivity index (χ0) is 13.0. The van der Waals surface area contributed by atoms with E-state index in [1.165, 1.54) is 25.7 Å². The molecule has 3 heteroatoms. The summed E-state index contributed by atoms with van der Waals surface area (Å²) in [5, 5.41) is 4.10. The van der Waals surface area contributed by atoms with Crippen LogP contribution in [0.1, 0.15) is 32.6 Å². The van der Waals surface area contributed by atoms with E-state index in [9.17, 15) is 0 Å². The largest absolute Gasteiger partial charge is 0.489 e. The zero-order valence-corrected chi connectivity index (χ0v) is 11.9. The second-order valence-corrected chi connectivity index (χ2v) is 5.64. The van der Waals surface area contributed by atoms with Crippen LogP contribution in [0, 0.1) is 5.92 Å². The molecule has 0 aromatic heterocycles. The maximum absolute atomic E-state index is 5.97. The van der Waals surface area contributed by atoms with Crippen molar-refractivity contribution in [3.8, 4) is 5.75 Å². The molecule has 0 saturated heterocycles. The molecule has 2 unspecified atom stereocenters. The van der Waals surface area contributed by atoms with Gasteiger partial charge in [-0.2, -0.15) is 0 Å². The summed E-state index contributed by atoms with van der Waals surface area (Å²) in [6.07, 6.45) is 5.52. The van der Waals surface area contributed by atoms with Gasteiger partial charge in [0, 0.05) is 11.1 Å². The van der Waals surface area contributed by atoms with Gasteiger partial charge in [0.1, 0.15) is 11.9 Å². The molecule has 0 heterocycles. The third-order valence-electron chi connectivity index (χ3n) is 3.87. The Morgan fingerprint density at radius 3 is 2.78 bits per heavy atom. The van der Waals surface area contributed by atoms with E-state index in [2.05, 4.69) is 12.2 Å². The minimum Gasteiger partial charge on any atom is -0.489 e. The third-order valence-corrected chi connectivity index (χ3v) is 4.10. The molecule has 2 rings (SSSR count). The van der Waals surface area contributed by atoms with E-state index >= 15 is 0 Å². The molecule has 0 radical (unpaired) electrons. The smallest absolute Gasteiger partial charge is 0.121 e. The number of rotatable bonds is 6. The second kappa shape index (κ2) is 6.44. The van der Waals surface area contributed by atoms with Crippen LogP contribution in [-0.2, 0) is 0 Å². The molecule has 2 nitrogen and oxygen atoms in total. The van der Waals surface area contributed by atoms with E-state index in [-0.39, 0.29) is 6.10 Å². The van der Waals surface area contributed by atoms with Crippen molar-refractivity contribution in [2.45, 2.75) is 44.8 Å². The van der Waals surface area contributed by atoms with E-state index in [4.69, 9.17) is 16.3 Å². The average molecular weight is 268 g/mol. The van der Waals surface area contributed by atoms with Crippen LogP contribution in [0.5, 0.6) is 5.75 Å². The molecule has 0 amide bonds. The van der Waals surface area contributed by atoms with Crippen molar-refractivity contribution < 1.29 is 4.74 Å². The molecule has 0 spiro atoms. The minimum atomic E-state index is 0.161. The van der Waals surface area contributed by atoms with Crippen LogP contribution in [0.15, 0.2) is 24.3 Å². The lowest BCUT2D eigenvalue weighted by Crippen LogP contribution is -2.41. The topological polar surface area (TPSA) is 21.3 Å². The first kappa shape index (κ1) is 13.7. The van der Waals surface area contributed by atoms with Crippen LogP contribution in [0.25, 0.3) is 0 Å². The molecule has 1 aromatic rings. The average Bonchev–Trinajstić information content (AvgIpc) is 2.27. The molecule has 1 aromatic carbocycles. The van der Waals surface area contributed by atoms with E-state index in [1.54, 1.807) is 0 Å². The second-order valence-electron chi connectivity index (χ2n) is 5.21. The molecular formula is C15H22ClNO. The van der Waals surface area contributed by atoms with Gasteiger partial charge in [-0.15, -0.1) is 0 Å². The standard InChI is InChI=1S/C15H22ClNO/c1-11(15(17-2)9-12-5-3-6-12)18-14-8-4-7-13(16)10-14/h4,7-8,10-12,15,17H,3,5-6,9H2,1-2H3. The minimum absolute atomic E-state index is 0.161. The lowest BCUT2D eigenvalue weighted by molar-refractivity contribution is 0.141. The van der Waals surface area contributed by atoms with Crippen LogP contribution in [0.3, 0.4) is 0 Å². The molecule has 1 aliphatic carbocycles. The zero-order valence-electron chi connectivity index (χ0n) is 11.2. The van der Waals surface area contributed by atoms with Gasteiger partial charge in [0.25, 0.3) is 0 Å². The van der Waals surface area contributed by atoms with Gasteiger partial charge in [0.05, 0.1) is 0 Å². The fourth-order valence-corrected chi connectivity index (χ4v) is 2.65. The maximum Gasteiger partial charge on any atom is 0.121 e. The van der Waals surface area contributed by atoms with Crippen molar-refractivity contribution in [1.82, 2.24) is 5.32 Å². The fraction of sp³-hybridized carbons (Fsp3) is 0.600. The summed E-state index contributed by atoms with van der Waals surface area (Å²) in [7, 11) is 2.02. The molecule has 1 saturated carbocycles. The van der Waals surface area contributed by atoms with Gasteiger partial charge >= 0.3 is 0 Å². The highest BCUT2D eigenvalue weighted by molar-refractivity contribution is 6.30. The Kier molecular flexibility index (Phi) is 4.90. The van der Waals surface area contributed by atoms with Crippen LogP contribution < -0.4 is 10.1 Å². The van der Waals surface area contributed by atoms with Crippen molar-refractivity contribution >= 4 is 11.6 Å². The van der Waals surface area contributed by atoms with Crippen molar-refractivity contribution in [2.75, 3.05) is 7.05 Å². The maximum atomic E-state index is 5.97. The molecule has 100 valence electrons. The summed E-state index contributed by atoms with van der Waals surface area (Å²) in [5.41, 5.74) is 0. The Bertz CT molecular complexity index is 379. The van der Waals surface area contributed by atoms with Gasteiger partial charge in [-0.25, -0.2) is 0 Å². The molecule has 1 aliphatic rings. The van der Waals surface area contributed by atoms with Gasteiger partial charge in [-0.3, -0.25) is 0 Å². The van der Waals surface area contributed by atoms with E-state index in [1.807, 2.05) is 31.3 Å². The Morgan fingerprint density at radius 2 is 2.22 bits per heavy atom. The molecule has 1 fully saturated rings. The van der Waals surface area contributed by atoms with Crippen molar-refractivity contribution in [1.29, 1.82) is 0 Å². The van der Waals surface area contributed by atoms with Gasteiger partial charge in [-0.1, -0.05) is 36.9 Å². The van der Waals surface area contributed by atoms with Crippen LogP contribution >= 0.6 is 11.6 Å². The van der Waals surface area contributed by atoms with Crippen molar-refractivity contribution in [3.63, 3.8) is 0 Å². The number of benzene rings is 1. The highest BCUT2D eigenvalue weighted by atomic mass is 35.5. The summed E-state index contributed by atoms with van der Waals surface area (Å²) in [4.78, 5) is 0. The molecule has 1 N–H and O–H groups in total. The SMILES string of the molecule is CNC(CC1CCC1)C(C)Oc1cccc(Cl)c1. The van der Waals surface area contributed by atoms with E-state index in [0.717, 1.165) is 16.7 Å². The van der Waals surface area contributed by atoms with E-state index < -0.39 is 0 Å². The summed E-state index contributed by atoms with van der Waals surface area (Å²) in [5.74, 6) is 1.73. The first-order valence-electron chi connectivity index (χ1n) is 6.78. The van der Waals surface area contributed by atoms with Crippen molar-refractivity contribution in [2.24, 2.45) is 5.92 Å². The number of hydrogen-bond donors (Lipinski definition) is 1. The Labute approximate surface area is 115 Å². The Hall–Kier alpha value is -0.730. The summed E-state index contributed by atoms with van der Waals surface area (Å²) < 4.78 is 5.97. The number of nitrogens with one attached hydrogen (secondary N) is 1. The molecule has 2 atom stereocenters. The number of likely N-dealkylation sites (N-methyl/N-ethyl adjacent to an activating group) is 1. The molecule has 0 aliphatic heterocycles. The van der Waals surface area contributed by atoms with E-state index in [0.29, 0.717) is 6.04 Å². The molecule has 18 heavy (non-hydrogen) atoms. The number of hydrogen-bond acceptors (Lipinski definition) is 2. The highest BCUT2D eigenvalue weighted by Gasteiger charge is 2.25. The summed E-state index contributed by atoms with van der Waals surface area (Å²) in [6, 6.07) is 8.02. The quantitative estimate of drug-likeness (QED) is 0.844. The van der Waals surface area contributed by atoms with Gasteiger partial charge in [0.2, 0.25) is 0 Å². The monoisotopic (exact) mass is 267 g/mol. The molecule has 0 bridgehead atoms. The van der Waals surface area contributed by atoms with Crippen LogP contribution in [0.4, 0.5) is 0 Å². The van der Waals surface area contributed by atoms with Gasteiger partial charge < -0.3 is 10.1 Å². The lowest BCUT2D eigenvalue weighted by Gasteiger charge is -2.32. The predicted molar refractivity (Wildman–Crippen MR) is 76.3 cm³/mol. The lowest BCUT2D eigenvalue weighted by atomic mass is 9.80. The molecular weight excluding hydrogens is 246 g/mol.